The summed E-state index contributed by atoms with van der Waals surface area (Å²) in [6, 6.07) is 0. The third-order valence-electron chi connectivity index (χ3n) is 1.94. The normalized spacial score (nSPS) is 14.1. The number of alkyl halides is 2. The van der Waals surface area contributed by atoms with Crippen LogP contribution >= 0.6 is 0 Å². The van der Waals surface area contributed by atoms with E-state index in [-0.39, 0.29) is 11.1 Å². The van der Waals surface area contributed by atoms with E-state index in [0.717, 1.165) is 13.3 Å². The summed E-state index contributed by atoms with van der Waals surface area (Å²) in [4.78, 5) is 1.46. The molecule has 0 aliphatic heterocycles. The van der Waals surface area contributed by atoms with Gasteiger partial charge in [0.15, 0.2) is 0 Å². The van der Waals surface area contributed by atoms with E-state index in [1.807, 2.05) is 20.8 Å². The molecule has 0 saturated heterocycles. The van der Waals surface area contributed by atoms with Crippen LogP contribution in [0.3, 0.4) is 0 Å². The van der Waals surface area contributed by atoms with E-state index in [1.165, 1.54) is 18.0 Å². The van der Waals surface area contributed by atoms with Crippen LogP contribution in [0.4, 0.5) is 8.78 Å². The molecular weight excluding hydrogens is 186 g/mol. The van der Waals surface area contributed by atoms with Gasteiger partial charge in [0, 0.05) is 24.2 Å². The van der Waals surface area contributed by atoms with Gasteiger partial charge in [0.2, 0.25) is 0 Å². The molecular formula is C10H18F2N2. The molecule has 1 N–H and O–H groups in total. The number of allylic oxidation sites excluding steroid dienone is 1. The molecule has 0 aliphatic rings. The van der Waals surface area contributed by atoms with Gasteiger partial charge in [-0.05, 0) is 27.7 Å². The van der Waals surface area contributed by atoms with Gasteiger partial charge in [-0.3, -0.25) is 5.41 Å². The van der Waals surface area contributed by atoms with Crippen LogP contribution in [0.2, 0.25) is 0 Å². The van der Waals surface area contributed by atoms with Crippen molar-refractivity contribution in [2.24, 2.45) is 0 Å². The Labute approximate surface area is 84.1 Å². The van der Waals surface area contributed by atoms with Gasteiger partial charge in [0.1, 0.15) is 0 Å². The van der Waals surface area contributed by atoms with Crippen LogP contribution in [-0.4, -0.2) is 22.7 Å². The van der Waals surface area contributed by atoms with Crippen molar-refractivity contribution in [1.29, 1.82) is 5.41 Å². The maximum Gasteiger partial charge on any atom is 0.268 e. The molecule has 0 spiro atoms. The van der Waals surface area contributed by atoms with E-state index >= 15 is 0 Å². The Kier molecular flexibility index (Phi) is 3.80. The summed E-state index contributed by atoms with van der Waals surface area (Å²) in [5.74, 6) is -2.83. The summed E-state index contributed by atoms with van der Waals surface area (Å²) in [5, 5.41) is 7.12. The van der Waals surface area contributed by atoms with Crippen LogP contribution in [0.25, 0.3) is 0 Å². The Balaban J connectivity index is 4.86. The highest BCUT2D eigenvalue weighted by molar-refractivity contribution is 5.54. The zero-order valence-corrected chi connectivity index (χ0v) is 9.36. The van der Waals surface area contributed by atoms with Crippen LogP contribution in [0, 0.1) is 5.41 Å². The lowest BCUT2D eigenvalue weighted by Gasteiger charge is -2.31. The molecule has 0 aromatic carbocycles. The lowest BCUT2D eigenvalue weighted by atomic mass is 10.1. The standard InChI is InChI=1S/C10H18F2N2/c1-8(10(5,11)12)6-14(7-13)9(2,3)4/h6-7,13H,1-5H3/b8-6+,13-7?. The maximum atomic E-state index is 12.8. The molecule has 2 nitrogen and oxygen atoms in total. The van der Waals surface area contributed by atoms with Gasteiger partial charge >= 0.3 is 0 Å². The zero-order chi connectivity index (χ0) is 11.6. The second-order valence-electron chi connectivity index (χ2n) is 4.41. The molecule has 4 heteroatoms. The molecule has 0 radical (unpaired) electrons. The van der Waals surface area contributed by atoms with Crippen LogP contribution in [-0.2, 0) is 0 Å². The molecule has 0 aromatic heterocycles. The summed E-state index contributed by atoms with van der Waals surface area (Å²) in [7, 11) is 0. The topological polar surface area (TPSA) is 27.1 Å². The van der Waals surface area contributed by atoms with Gasteiger partial charge in [-0.2, -0.15) is 0 Å². The van der Waals surface area contributed by atoms with Crippen molar-refractivity contribution in [1.82, 2.24) is 4.90 Å². The van der Waals surface area contributed by atoms with Gasteiger partial charge in [0.25, 0.3) is 5.92 Å². The molecule has 0 rings (SSSR count). The Morgan fingerprint density at radius 2 is 1.64 bits per heavy atom. The largest absolute Gasteiger partial charge is 0.334 e. The molecule has 0 fully saturated rings. The predicted octanol–water partition coefficient (Wildman–Crippen LogP) is 3.25. The first-order valence-electron chi connectivity index (χ1n) is 4.45. The summed E-state index contributed by atoms with van der Waals surface area (Å²) >= 11 is 0. The Morgan fingerprint density at radius 3 is 1.86 bits per heavy atom. The first kappa shape index (κ1) is 13.1. The smallest absolute Gasteiger partial charge is 0.268 e. The molecule has 0 aromatic rings. The maximum absolute atomic E-state index is 12.8. The Morgan fingerprint density at radius 1 is 1.21 bits per heavy atom. The molecule has 0 aliphatic carbocycles. The van der Waals surface area contributed by atoms with Crippen molar-refractivity contribution in [3.63, 3.8) is 0 Å². The lowest BCUT2D eigenvalue weighted by molar-refractivity contribution is 0.0614. The first-order valence-corrected chi connectivity index (χ1v) is 4.45. The summed E-state index contributed by atoms with van der Waals surface area (Å²) in [6.07, 6.45) is 2.36. The third-order valence-corrected chi connectivity index (χ3v) is 1.94. The summed E-state index contributed by atoms with van der Waals surface area (Å²) in [6.45, 7) is 7.78. The van der Waals surface area contributed by atoms with E-state index < -0.39 is 5.92 Å². The average molecular weight is 204 g/mol. The van der Waals surface area contributed by atoms with Crippen LogP contribution in [0.1, 0.15) is 34.6 Å². The molecule has 14 heavy (non-hydrogen) atoms. The molecule has 0 heterocycles. The van der Waals surface area contributed by atoms with Crippen molar-refractivity contribution in [2.45, 2.75) is 46.1 Å². The highest BCUT2D eigenvalue weighted by atomic mass is 19.3. The van der Waals surface area contributed by atoms with Crippen LogP contribution in [0.15, 0.2) is 11.8 Å². The molecule has 0 atom stereocenters. The molecule has 82 valence electrons. The van der Waals surface area contributed by atoms with Crippen molar-refractivity contribution >= 4 is 6.34 Å². The van der Waals surface area contributed by atoms with Gasteiger partial charge in [-0.1, -0.05) is 0 Å². The summed E-state index contributed by atoms with van der Waals surface area (Å²) < 4.78 is 25.7. The monoisotopic (exact) mass is 204 g/mol. The predicted molar refractivity (Wildman–Crippen MR) is 54.8 cm³/mol. The molecule has 0 amide bonds. The van der Waals surface area contributed by atoms with E-state index in [2.05, 4.69) is 0 Å². The highest BCUT2D eigenvalue weighted by Crippen LogP contribution is 2.24. The second kappa shape index (κ2) is 4.07. The van der Waals surface area contributed by atoms with Crippen molar-refractivity contribution < 1.29 is 8.78 Å². The SMILES string of the molecule is C/C(=C\N(C=N)C(C)(C)C)C(C)(F)F. The fourth-order valence-corrected chi connectivity index (χ4v) is 0.747. The molecule has 0 bridgehead atoms. The highest BCUT2D eigenvalue weighted by Gasteiger charge is 2.26. The molecule has 0 saturated carbocycles. The van der Waals surface area contributed by atoms with Crippen molar-refractivity contribution in [3.05, 3.63) is 11.8 Å². The molecule has 0 unspecified atom stereocenters. The summed E-state index contributed by atoms with van der Waals surface area (Å²) in [5.41, 5.74) is -0.398. The van der Waals surface area contributed by atoms with Gasteiger partial charge in [0.05, 0.1) is 6.34 Å². The fraction of sp³-hybridized carbons (Fsp3) is 0.700. The number of nitrogens with zero attached hydrogens (tertiary/aromatic N) is 1. The first-order chi connectivity index (χ1) is 6.09. The van der Waals surface area contributed by atoms with E-state index in [1.54, 1.807) is 0 Å². The van der Waals surface area contributed by atoms with Crippen LogP contribution < -0.4 is 0 Å². The average Bonchev–Trinajstić information content (AvgIpc) is 1.95. The quantitative estimate of drug-likeness (QED) is 0.554. The zero-order valence-electron chi connectivity index (χ0n) is 9.36. The van der Waals surface area contributed by atoms with Crippen LogP contribution in [0.5, 0.6) is 0 Å². The van der Waals surface area contributed by atoms with Gasteiger partial charge < -0.3 is 4.90 Å². The van der Waals surface area contributed by atoms with Gasteiger partial charge in [-0.15, -0.1) is 0 Å². The lowest BCUT2D eigenvalue weighted by Crippen LogP contribution is -2.36. The third kappa shape index (κ3) is 3.85. The number of halogens is 2. The second-order valence-corrected chi connectivity index (χ2v) is 4.41. The van der Waals surface area contributed by atoms with E-state index in [9.17, 15) is 8.78 Å². The fourth-order valence-electron chi connectivity index (χ4n) is 0.747. The number of nitrogens with one attached hydrogen (secondary N) is 1. The Hall–Kier alpha value is -0.930. The minimum Gasteiger partial charge on any atom is -0.334 e. The number of hydrogen-bond acceptors (Lipinski definition) is 1. The van der Waals surface area contributed by atoms with E-state index in [0.29, 0.717) is 0 Å². The van der Waals surface area contributed by atoms with Gasteiger partial charge in [-0.25, -0.2) is 8.78 Å². The minimum absolute atomic E-state index is 0.0454. The minimum atomic E-state index is -2.83. The van der Waals surface area contributed by atoms with Crippen molar-refractivity contribution in [3.8, 4) is 0 Å². The number of rotatable bonds is 3. The van der Waals surface area contributed by atoms with E-state index in [4.69, 9.17) is 5.41 Å². The van der Waals surface area contributed by atoms with Crippen molar-refractivity contribution in [2.75, 3.05) is 0 Å². The number of hydrogen-bond donors (Lipinski definition) is 1. The Bertz CT molecular complexity index is 233.